The van der Waals surface area contributed by atoms with E-state index in [0.29, 0.717) is 13.1 Å². The summed E-state index contributed by atoms with van der Waals surface area (Å²) in [4.78, 5) is 16.6. The Morgan fingerprint density at radius 2 is 1.61 bits per heavy atom. The molecule has 10 heteroatoms. The lowest BCUT2D eigenvalue weighted by Crippen LogP contribution is -2.53. The number of nitrogens with zero attached hydrogens (tertiary/aromatic N) is 2. The van der Waals surface area contributed by atoms with Crippen LogP contribution in [0.4, 0.5) is 26.3 Å². The molecule has 0 aromatic carbocycles. The van der Waals surface area contributed by atoms with Crippen molar-refractivity contribution >= 4 is 5.91 Å². The number of rotatable bonds is 8. The van der Waals surface area contributed by atoms with Crippen LogP contribution in [0.25, 0.3) is 0 Å². The summed E-state index contributed by atoms with van der Waals surface area (Å²) in [6.45, 7) is 6.46. The molecule has 0 radical (unpaired) electrons. The molecule has 1 aliphatic heterocycles. The molecule has 0 spiro atoms. The second-order valence-electron chi connectivity index (χ2n) is 8.83. The average molecular weight is 482 g/mol. The highest BCUT2D eigenvalue weighted by Gasteiger charge is 2.51. The first-order chi connectivity index (χ1) is 15.4. The van der Waals surface area contributed by atoms with Crippen molar-refractivity contribution in [3.05, 3.63) is 37.0 Å². The maximum absolute atomic E-state index is 13.2. The zero-order valence-corrected chi connectivity index (χ0v) is 18.8. The molecule has 33 heavy (non-hydrogen) atoms. The van der Waals surface area contributed by atoms with Gasteiger partial charge >= 0.3 is 12.4 Å². The fourth-order valence-corrected chi connectivity index (χ4v) is 4.55. The molecule has 1 saturated carbocycles. The van der Waals surface area contributed by atoms with E-state index in [2.05, 4.69) is 11.9 Å². The number of piperazine rings is 1. The van der Waals surface area contributed by atoms with Gasteiger partial charge in [-0.3, -0.25) is 9.69 Å². The van der Waals surface area contributed by atoms with E-state index >= 15 is 0 Å². The normalized spacial score (nSPS) is 26.6. The number of nitrogens with one attached hydrogen (secondary N) is 1. The highest BCUT2D eigenvalue weighted by molar-refractivity contribution is 5.83. The van der Waals surface area contributed by atoms with Crippen molar-refractivity contribution in [2.75, 3.05) is 39.8 Å². The third-order valence-corrected chi connectivity index (χ3v) is 6.43. The molecule has 2 fully saturated rings. The van der Waals surface area contributed by atoms with Crippen LogP contribution in [0.2, 0.25) is 0 Å². The van der Waals surface area contributed by atoms with Crippen molar-refractivity contribution in [3.63, 3.8) is 0 Å². The van der Waals surface area contributed by atoms with Crippen LogP contribution in [-0.2, 0) is 4.79 Å². The van der Waals surface area contributed by atoms with Crippen molar-refractivity contribution < 1.29 is 31.1 Å². The average Bonchev–Trinajstić information content (AvgIpc) is 2.76. The second-order valence-corrected chi connectivity index (χ2v) is 8.83. The van der Waals surface area contributed by atoms with Crippen molar-refractivity contribution in [2.24, 2.45) is 17.8 Å². The smallest absolute Gasteiger partial charge is 0.344 e. The summed E-state index contributed by atoms with van der Waals surface area (Å²) in [6.07, 6.45) is -2.21. The summed E-state index contributed by atoms with van der Waals surface area (Å²) in [7, 11) is 1.55. The van der Waals surface area contributed by atoms with Crippen molar-refractivity contribution in [3.8, 4) is 0 Å². The number of hydrogen-bond acceptors (Lipinski definition) is 3. The van der Waals surface area contributed by atoms with E-state index in [1.54, 1.807) is 37.4 Å². The summed E-state index contributed by atoms with van der Waals surface area (Å²) in [6, 6.07) is -0.552. The van der Waals surface area contributed by atoms with Crippen LogP contribution in [0.5, 0.6) is 0 Å². The second kappa shape index (κ2) is 12.1. The monoisotopic (exact) mass is 481 g/mol. The fourth-order valence-electron chi connectivity index (χ4n) is 4.55. The van der Waals surface area contributed by atoms with Crippen LogP contribution >= 0.6 is 0 Å². The number of carbonyl (C=O) groups excluding carboxylic acids is 1. The third-order valence-electron chi connectivity index (χ3n) is 6.43. The van der Waals surface area contributed by atoms with E-state index < -0.39 is 42.6 Å². The van der Waals surface area contributed by atoms with Crippen LogP contribution in [0, 0.1) is 17.8 Å². The number of amides is 1. The quantitative estimate of drug-likeness (QED) is 0.408. The van der Waals surface area contributed by atoms with Gasteiger partial charge in [-0.25, -0.2) is 0 Å². The zero-order chi connectivity index (χ0) is 24.6. The van der Waals surface area contributed by atoms with Crippen LogP contribution in [0.1, 0.15) is 25.7 Å². The van der Waals surface area contributed by atoms with Crippen molar-refractivity contribution in [2.45, 2.75) is 44.1 Å². The van der Waals surface area contributed by atoms with Gasteiger partial charge < -0.3 is 10.2 Å². The Labute approximate surface area is 191 Å². The van der Waals surface area contributed by atoms with E-state index in [1.807, 2.05) is 4.90 Å². The van der Waals surface area contributed by atoms with Gasteiger partial charge in [0.15, 0.2) is 0 Å². The molecule has 1 N–H and O–H groups in total. The lowest BCUT2D eigenvalue weighted by molar-refractivity contribution is -0.229. The molecule has 1 aliphatic carbocycles. The lowest BCUT2D eigenvalue weighted by atomic mass is 9.73. The van der Waals surface area contributed by atoms with Gasteiger partial charge in [0.25, 0.3) is 0 Å². The Hall–Kier alpha value is -1.81. The number of likely N-dealkylation sites (N-methyl/N-ethyl adjacent to an activating group) is 1. The predicted octanol–water partition coefficient (Wildman–Crippen LogP) is 4.56. The molecular formula is C23H33F6N3O. The number of allylic oxidation sites excluding steroid dienone is 4. The first kappa shape index (κ1) is 27.4. The Kier molecular flexibility index (Phi) is 10.0. The number of hydrogen-bond donors (Lipinski definition) is 1. The molecule has 1 amide bonds. The van der Waals surface area contributed by atoms with Crippen LogP contribution in [0.3, 0.4) is 0 Å². The van der Waals surface area contributed by atoms with E-state index in [1.165, 1.54) is 4.90 Å². The van der Waals surface area contributed by atoms with E-state index in [-0.39, 0.29) is 31.7 Å². The Balaban J connectivity index is 2.04. The molecule has 3 unspecified atom stereocenters. The third kappa shape index (κ3) is 8.48. The van der Waals surface area contributed by atoms with E-state index in [4.69, 9.17) is 0 Å². The highest BCUT2D eigenvalue weighted by Crippen LogP contribution is 2.48. The highest BCUT2D eigenvalue weighted by atomic mass is 19.4. The van der Waals surface area contributed by atoms with Gasteiger partial charge in [-0.2, -0.15) is 26.3 Å². The summed E-state index contributed by atoms with van der Waals surface area (Å²) >= 11 is 0. The molecule has 2 aliphatic rings. The first-order valence-electron chi connectivity index (χ1n) is 11.2. The molecule has 3 atom stereocenters. The van der Waals surface area contributed by atoms with Gasteiger partial charge in [0.1, 0.15) is 6.04 Å². The van der Waals surface area contributed by atoms with E-state index in [0.717, 1.165) is 13.1 Å². The Bertz CT molecular complexity index is 675. The summed E-state index contributed by atoms with van der Waals surface area (Å²) in [5, 5.41) is 3.21. The summed E-state index contributed by atoms with van der Waals surface area (Å²) in [5.74, 6) is -4.89. The predicted molar refractivity (Wildman–Crippen MR) is 115 cm³/mol. The largest absolute Gasteiger partial charge is 0.391 e. The topological polar surface area (TPSA) is 35.6 Å². The minimum Gasteiger partial charge on any atom is -0.344 e. The maximum atomic E-state index is 13.2. The van der Waals surface area contributed by atoms with Gasteiger partial charge in [0, 0.05) is 39.8 Å². The lowest BCUT2D eigenvalue weighted by Gasteiger charge is -2.38. The SMILES string of the molecule is C=C/C=C\C=C\C(C(=O)N(C)CCC1CC(C(F)(F)F)CC(C(F)(F)F)C1)N1CCNCC1. The standard InChI is InChI=1S/C23H33F6N3O/c1-3-4-5-6-7-20(32-12-9-30-10-13-32)21(33)31(2)11-8-17-14-18(22(24,25)26)16-19(15-17)23(27,28)29/h3-7,17-20,30H,1,8-16H2,2H3/b5-4-,7-6+. The molecule has 0 aromatic heterocycles. The van der Waals surface area contributed by atoms with E-state index in [9.17, 15) is 31.1 Å². The number of alkyl halides is 6. The molecule has 4 nitrogen and oxygen atoms in total. The van der Waals surface area contributed by atoms with Gasteiger partial charge in [-0.1, -0.05) is 37.0 Å². The molecule has 0 aromatic rings. The van der Waals surface area contributed by atoms with Crippen LogP contribution in [-0.4, -0.2) is 73.9 Å². The summed E-state index contributed by atoms with van der Waals surface area (Å²) in [5.41, 5.74) is 0. The Morgan fingerprint density at radius 1 is 1.03 bits per heavy atom. The minimum atomic E-state index is -4.65. The van der Waals surface area contributed by atoms with Crippen molar-refractivity contribution in [1.29, 1.82) is 0 Å². The minimum absolute atomic E-state index is 0.107. The van der Waals surface area contributed by atoms with Gasteiger partial charge in [-0.05, 0) is 31.6 Å². The molecule has 188 valence electrons. The van der Waals surface area contributed by atoms with Gasteiger partial charge in [-0.15, -0.1) is 0 Å². The molecule has 1 saturated heterocycles. The molecule has 2 rings (SSSR count). The van der Waals surface area contributed by atoms with Crippen LogP contribution in [0.15, 0.2) is 37.0 Å². The molecular weight excluding hydrogens is 448 g/mol. The van der Waals surface area contributed by atoms with Crippen molar-refractivity contribution in [1.82, 2.24) is 15.1 Å². The molecule has 1 heterocycles. The van der Waals surface area contributed by atoms with Crippen LogP contribution < -0.4 is 5.32 Å². The first-order valence-corrected chi connectivity index (χ1v) is 11.2. The molecule has 0 bridgehead atoms. The number of halogens is 6. The van der Waals surface area contributed by atoms with Gasteiger partial charge in [0.2, 0.25) is 5.91 Å². The number of carbonyl (C=O) groups is 1. The van der Waals surface area contributed by atoms with Gasteiger partial charge in [0.05, 0.1) is 11.8 Å². The Morgan fingerprint density at radius 3 is 2.12 bits per heavy atom. The fraction of sp³-hybridized carbons (Fsp3) is 0.696. The maximum Gasteiger partial charge on any atom is 0.391 e. The zero-order valence-electron chi connectivity index (χ0n) is 18.8. The summed E-state index contributed by atoms with van der Waals surface area (Å²) < 4.78 is 79.4.